The summed E-state index contributed by atoms with van der Waals surface area (Å²) in [7, 11) is 0. The fourth-order valence-electron chi connectivity index (χ4n) is 3.84. The van der Waals surface area contributed by atoms with Crippen molar-refractivity contribution in [1.82, 2.24) is 4.98 Å². The number of nitrogens with zero attached hydrogens (tertiary/aromatic N) is 1. The Morgan fingerprint density at radius 2 is 1.85 bits per heavy atom. The Bertz CT molecular complexity index is 1190. The summed E-state index contributed by atoms with van der Waals surface area (Å²) in [5.74, 6) is -0.176. The van der Waals surface area contributed by atoms with Crippen LogP contribution < -0.4 is 11.1 Å². The van der Waals surface area contributed by atoms with E-state index in [-0.39, 0.29) is 5.91 Å². The Morgan fingerprint density at radius 3 is 2.78 bits per heavy atom. The number of benzene rings is 2. The van der Waals surface area contributed by atoms with Crippen molar-refractivity contribution in [3.63, 3.8) is 0 Å². The van der Waals surface area contributed by atoms with E-state index in [1.165, 1.54) is 29.7 Å². The zero-order valence-electron chi connectivity index (χ0n) is 14.8. The van der Waals surface area contributed by atoms with Crippen LogP contribution in [0.15, 0.2) is 48.5 Å². The second-order valence-electron chi connectivity index (χ2n) is 6.98. The predicted octanol–water partition coefficient (Wildman–Crippen LogP) is 5.16. The number of hydrogen-bond donors (Lipinski definition) is 2. The van der Waals surface area contributed by atoms with Crippen LogP contribution in [0.5, 0.6) is 0 Å². The molecule has 0 spiro atoms. The van der Waals surface area contributed by atoms with E-state index in [1.807, 2.05) is 42.5 Å². The largest absolute Gasteiger partial charge is 0.397 e. The third-order valence-corrected chi connectivity index (χ3v) is 6.36. The van der Waals surface area contributed by atoms with Crippen molar-refractivity contribution >= 4 is 49.6 Å². The molecule has 0 unspecified atom stereocenters. The maximum Gasteiger partial charge on any atom is 0.267 e. The molecule has 2 aromatic heterocycles. The minimum Gasteiger partial charge on any atom is -0.397 e. The summed E-state index contributed by atoms with van der Waals surface area (Å²) in [5.41, 5.74) is 10.1. The normalized spacial score (nSPS) is 13.6. The maximum atomic E-state index is 13.0. The summed E-state index contributed by atoms with van der Waals surface area (Å²) in [4.78, 5) is 19.1. The van der Waals surface area contributed by atoms with E-state index in [4.69, 9.17) is 10.7 Å². The van der Waals surface area contributed by atoms with Gasteiger partial charge in [0.1, 0.15) is 9.71 Å². The lowest BCUT2D eigenvalue weighted by Gasteiger charge is -2.14. The second kappa shape index (κ2) is 6.35. The Hall–Kier alpha value is -2.92. The summed E-state index contributed by atoms with van der Waals surface area (Å²) in [5, 5.41) is 6.05. The Kier molecular flexibility index (Phi) is 3.83. The van der Waals surface area contributed by atoms with Crippen LogP contribution in [-0.2, 0) is 12.8 Å². The van der Waals surface area contributed by atoms with Crippen LogP contribution in [0.3, 0.4) is 0 Å². The quantitative estimate of drug-likeness (QED) is 0.510. The lowest BCUT2D eigenvalue weighted by atomic mass is 9.95. The number of thiophene rings is 1. The third-order valence-electron chi connectivity index (χ3n) is 5.24. The van der Waals surface area contributed by atoms with Gasteiger partial charge in [-0.05, 0) is 48.8 Å². The number of aromatic nitrogens is 1. The second-order valence-corrected chi connectivity index (χ2v) is 7.98. The van der Waals surface area contributed by atoms with Crippen molar-refractivity contribution in [2.75, 3.05) is 11.1 Å². The van der Waals surface area contributed by atoms with Crippen molar-refractivity contribution in [2.45, 2.75) is 25.7 Å². The number of carbonyl (C=O) groups excluding carboxylic acids is 1. The van der Waals surface area contributed by atoms with E-state index in [0.29, 0.717) is 10.6 Å². The molecule has 0 saturated heterocycles. The molecule has 2 aromatic carbocycles. The van der Waals surface area contributed by atoms with Gasteiger partial charge in [0.15, 0.2) is 0 Å². The van der Waals surface area contributed by atoms with Gasteiger partial charge in [-0.3, -0.25) is 4.79 Å². The van der Waals surface area contributed by atoms with Gasteiger partial charge in [0.05, 0.1) is 5.69 Å². The molecule has 1 aliphatic carbocycles. The minimum absolute atomic E-state index is 0.176. The smallest absolute Gasteiger partial charge is 0.267 e. The number of rotatable bonds is 2. The number of hydrogen-bond acceptors (Lipinski definition) is 4. The molecule has 5 rings (SSSR count). The molecule has 4 aromatic rings. The fraction of sp³-hybridized carbons (Fsp3) is 0.182. The molecule has 0 radical (unpaired) electrons. The highest BCUT2D eigenvalue weighted by Gasteiger charge is 2.21. The van der Waals surface area contributed by atoms with Crippen LogP contribution in [-0.4, -0.2) is 10.9 Å². The fourth-order valence-corrected chi connectivity index (χ4v) is 4.83. The summed E-state index contributed by atoms with van der Waals surface area (Å²) in [6.07, 6.45) is 4.44. The molecule has 2 heterocycles. The SMILES string of the molecule is Nc1c(C(=O)Nc2cccc3ccccc23)sc2nc3c(cc12)CCCC3. The topological polar surface area (TPSA) is 68.0 Å². The molecular formula is C22H19N3OS. The van der Waals surface area contributed by atoms with Gasteiger partial charge in [0, 0.05) is 22.2 Å². The Morgan fingerprint density at radius 1 is 1.04 bits per heavy atom. The zero-order valence-corrected chi connectivity index (χ0v) is 15.6. The summed E-state index contributed by atoms with van der Waals surface area (Å²) < 4.78 is 0. The number of aryl methyl sites for hydroxylation is 2. The van der Waals surface area contributed by atoms with Crippen LogP contribution in [0.25, 0.3) is 21.0 Å². The van der Waals surface area contributed by atoms with Crippen LogP contribution in [0.4, 0.5) is 11.4 Å². The summed E-state index contributed by atoms with van der Waals surface area (Å²) in [6.45, 7) is 0. The van der Waals surface area contributed by atoms with Gasteiger partial charge in [-0.1, -0.05) is 36.4 Å². The standard InChI is InChI=1S/C22H19N3OS/c23-19-16-12-14-7-2-4-10-17(14)25-22(16)27-20(19)21(26)24-18-11-5-8-13-6-1-3-9-15(13)18/h1,3,5-6,8-9,11-12H,2,4,7,10,23H2,(H,24,26). The van der Waals surface area contributed by atoms with E-state index in [1.54, 1.807) is 0 Å². The predicted molar refractivity (Wildman–Crippen MR) is 113 cm³/mol. The number of nitrogen functional groups attached to an aromatic ring is 1. The van der Waals surface area contributed by atoms with Gasteiger partial charge >= 0.3 is 0 Å². The van der Waals surface area contributed by atoms with Crippen LogP contribution >= 0.6 is 11.3 Å². The first-order valence-corrected chi connectivity index (χ1v) is 10.0. The van der Waals surface area contributed by atoms with Gasteiger partial charge < -0.3 is 11.1 Å². The molecule has 0 saturated carbocycles. The Balaban J connectivity index is 1.54. The number of nitrogens with one attached hydrogen (secondary N) is 1. The summed E-state index contributed by atoms with van der Waals surface area (Å²) >= 11 is 1.38. The molecule has 1 amide bonds. The average Bonchev–Trinajstić information content (AvgIpc) is 3.02. The van der Waals surface area contributed by atoms with E-state index in [0.717, 1.165) is 45.2 Å². The maximum absolute atomic E-state index is 13.0. The molecule has 134 valence electrons. The van der Waals surface area contributed by atoms with Crippen LogP contribution in [0.1, 0.15) is 33.8 Å². The molecule has 0 aliphatic heterocycles. The number of fused-ring (bicyclic) bond motifs is 3. The molecule has 0 atom stereocenters. The number of pyridine rings is 1. The van der Waals surface area contributed by atoms with Crippen molar-refractivity contribution in [1.29, 1.82) is 0 Å². The van der Waals surface area contributed by atoms with E-state index < -0.39 is 0 Å². The van der Waals surface area contributed by atoms with Gasteiger partial charge in [-0.2, -0.15) is 0 Å². The van der Waals surface area contributed by atoms with E-state index in [2.05, 4.69) is 11.4 Å². The van der Waals surface area contributed by atoms with Crippen molar-refractivity contribution in [3.8, 4) is 0 Å². The molecular weight excluding hydrogens is 354 g/mol. The van der Waals surface area contributed by atoms with Crippen LogP contribution in [0, 0.1) is 0 Å². The zero-order chi connectivity index (χ0) is 18.4. The van der Waals surface area contributed by atoms with Gasteiger partial charge in [0.2, 0.25) is 0 Å². The number of amides is 1. The average molecular weight is 373 g/mol. The van der Waals surface area contributed by atoms with Crippen LogP contribution in [0.2, 0.25) is 0 Å². The van der Waals surface area contributed by atoms with Gasteiger partial charge in [0.25, 0.3) is 5.91 Å². The molecule has 5 heteroatoms. The van der Waals surface area contributed by atoms with Gasteiger partial charge in [-0.15, -0.1) is 11.3 Å². The third kappa shape index (κ3) is 2.75. The molecule has 27 heavy (non-hydrogen) atoms. The molecule has 0 fully saturated rings. The van der Waals surface area contributed by atoms with Gasteiger partial charge in [-0.25, -0.2) is 4.98 Å². The van der Waals surface area contributed by atoms with Crippen molar-refractivity contribution in [2.24, 2.45) is 0 Å². The van der Waals surface area contributed by atoms with E-state index in [9.17, 15) is 4.79 Å². The monoisotopic (exact) mass is 373 g/mol. The lowest BCUT2D eigenvalue weighted by Crippen LogP contribution is -2.12. The first-order valence-electron chi connectivity index (χ1n) is 9.20. The highest BCUT2D eigenvalue weighted by molar-refractivity contribution is 7.21. The highest BCUT2D eigenvalue weighted by Crippen LogP contribution is 2.36. The first-order chi connectivity index (χ1) is 13.2. The molecule has 0 bridgehead atoms. The Labute approximate surface area is 161 Å². The lowest BCUT2D eigenvalue weighted by molar-refractivity contribution is 0.103. The number of carbonyl (C=O) groups is 1. The van der Waals surface area contributed by atoms with Crippen molar-refractivity contribution < 1.29 is 4.79 Å². The highest BCUT2D eigenvalue weighted by atomic mass is 32.1. The number of anilines is 2. The van der Waals surface area contributed by atoms with E-state index >= 15 is 0 Å². The van der Waals surface area contributed by atoms with Crippen molar-refractivity contribution in [3.05, 3.63) is 64.7 Å². The molecule has 3 N–H and O–H groups in total. The summed E-state index contributed by atoms with van der Waals surface area (Å²) in [6, 6.07) is 16.0. The first kappa shape index (κ1) is 16.3. The minimum atomic E-state index is -0.176. The molecule has 4 nitrogen and oxygen atoms in total. The number of nitrogens with two attached hydrogens (primary N) is 1. The molecule has 1 aliphatic rings.